The van der Waals surface area contributed by atoms with E-state index < -0.39 is 0 Å². The summed E-state index contributed by atoms with van der Waals surface area (Å²) in [6, 6.07) is 14.8. The summed E-state index contributed by atoms with van der Waals surface area (Å²) in [7, 11) is 0. The van der Waals surface area contributed by atoms with E-state index in [0.29, 0.717) is 0 Å². The van der Waals surface area contributed by atoms with Gasteiger partial charge in [-0.05, 0) is 44.5 Å². The summed E-state index contributed by atoms with van der Waals surface area (Å²) in [6.45, 7) is 8.09. The van der Waals surface area contributed by atoms with Crippen molar-refractivity contribution < 1.29 is 0 Å². The third-order valence-electron chi connectivity index (χ3n) is 3.87. The van der Waals surface area contributed by atoms with Crippen LogP contribution in [0, 0.1) is 13.8 Å². The van der Waals surface area contributed by atoms with Gasteiger partial charge >= 0.3 is 0 Å². The molecular weight excluding hydrogens is 258 g/mol. The van der Waals surface area contributed by atoms with Crippen LogP contribution in [0.25, 0.3) is 11.0 Å². The zero-order chi connectivity index (χ0) is 14.8. The fourth-order valence-electron chi connectivity index (χ4n) is 2.80. The van der Waals surface area contributed by atoms with Crippen LogP contribution in [0.1, 0.15) is 23.9 Å². The Morgan fingerprint density at radius 2 is 1.90 bits per heavy atom. The molecule has 21 heavy (non-hydrogen) atoms. The van der Waals surface area contributed by atoms with Crippen molar-refractivity contribution in [1.82, 2.24) is 9.55 Å². The molecule has 0 aliphatic carbocycles. The summed E-state index contributed by atoms with van der Waals surface area (Å²) in [4.78, 5) is 4.75. The molecule has 3 heteroatoms. The van der Waals surface area contributed by atoms with Gasteiger partial charge in [0, 0.05) is 12.2 Å². The number of hydrogen-bond donors (Lipinski definition) is 1. The van der Waals surface area contributed by atoms with Crippen molar-refractivity contribution >= 4 is 16.7 Å². The van der Waals surface area contributed by atoms with Gasteiger partial charge in [-0.25, -0.2) is 4.98 Å². The molecular formula is C18H21N3. The van der Waals surface area contributed by atoms with Gasteiger partial charge in [0.2, 0.25) is 0 Å². The van der Waals surface area contributed by atoms with Crippen LogP contribution in [0.5, 0.6) is 0 Å². The number of nitrogens with one attached hydrogen (secondary N) is 1. The SMILES string of the molecule is CCn1c(CNc2ccc(C)cc2C)nc2ccccc21. The molecule has 0 atom stereocenters. The van der Waals surface area contributed by atoms with Crippen LogP contribution in [0.3, 0.4) is 0 Å². The van der Waals surface area contributed by atoms with E-state index in [0.717, 1.165) is 24.4 Å². The molecule has 1 N–H and O–H groups in total. The van der Waals surface area contributed by atoms with Crippen molar-refractivity contribution in [3.05, 3.63) is 59.4 Å². The largest absolute Gasteiger partial charge is 0.378 e. The molecule has 2 aromatic carbocycles. The summed E-state index contributed by atoms with van der Waals surface area (Å²) in [5.74, 6) is 1.08. The quantitative estimate of drug-likeness (QED) is 0.772. The van der Waals surface area contributed by atoms with E-state index in [1.165, 1.54) is 22.3 Å². The zero-order valence-electron chi connectivity index (χ0n) is 12.9. The molecule has 0 spiro atoms. The van der Waals surface area contributed by atoms with Crippen LogP contribution in [0.4, 0.5) is 5.69 Å². The van der Waals surface area contributed by atoms with Gasteiger partial charge in [-0.1, -0.05) is 29.8 Å². The predicted molar refractivity (Wildman–Crippen MR) is 88.6 cm³/mol. The highest BCUT2D eigenvalue weighted by Gasteiger charge is 2.09. The van der Waals surface area contributed by atoms with Gasteiger partial charge in [0.15, 0.2) is 0 Å². The van der Waals surface area contributed by atoms with Crippen LogP contribution in [-0.4, -0.2) is 9.55 Å². The lowest BCUT2D eigenvalue weighted by atomic mass is 10.1. The Morgan fingerprint density at radius 1 is 1.10 bits per heavy atom. The third kappa shape index (κ3) is 2.64. The first kappa shape index (κ1) is 13.7. The average molecular weight is 279 g/mol. The Kier molecular flexibility index (Phi) is 3.65. The van der Waals surface area contributed by atoms with Crippen molar-refractivity contribution in [3.63, 3.8) is 0 Å². The standard InChI is InChI=1S/C18H21N3/c1-4-21-17-8-6-5-7-16(17)20-18(21)12-19-15-10-9-13(2)11-14(15)3/h5-11,19H,4,12H2,1-3H3. The van der Waals surface area contributed by atoms with Crippen LogP contribution < -0.4 is 5.32 Å². The van der Waals surface area contributed by atoms with Crippen LogP contribution >= 0.6 is 0 Å². The van der Waals surface area contributed by atoms with Crippen molar-refractivity contribution in [2.45, 2.75) is 33.9 Å². The van der Waals surface area contributed by atoms with Crippen LogP contribution in [0.2, 0.25) is 0 Å². The fraction of sp³-hybridized carbons (Fsp3) is 0.278. The second kappa shape index (κ2) is 5.60. The van der Waals surface area contributed by atoms with E-state index in [1.807, 2.05) is 6.07 Å². The molecule has 0 saturated carbocycles. The molecule has 3 rings (SSSR count). The number of imidazole rings is 1. The highest BCUT2D eigenvalue weighted by Crippen LogP contribution is 2.19. The molecule has 0 aliphatic rings. The van der Waals surface area contributed by atoms with E-state index in [2.05, 4.69) is 67.1 Å². The third-order valence-corrected chi connectivity index (χ3v) is 3.87. The second-order valence-electron chi connectivity index (χ2n) is 5.43. The minimum atomic E-state index is 0.742. The first-order chi connectivity index (χ1) is 10.2. The number of para-hydroxylation sites is 2. The maximum Gasteiger partial charge on any atom is 0.129 e. The van der Waals surface area contributed by atoms with Crippen LogP contribution in [0.15, 0.2) is 42.5 Å². The van der Waals surface area contributed by atoms with E-state index >= 15 is 0 Å². The molecule has 0 bridgehead atoms. The van der Waals surface area contributed by atoms with Crippen molar-refractivity contribution in [1.29, 1.82) is 0 Å². The molecule has 3 nitrogen and oxygen atoms in total. The van der Waals surface area contributed by atoms with Gasteiger partial charge in [-0.2, -0.15) is 0 Å². The number of anilines is 1. The lowest BCUT2D eigenvalue weighted by Crippen LogP contribution is -2.08. The van der Waals surface area contributed by atoms with Gasteiger partial charge in [0.05, 0.1) is 17.6 Å². The van der Waals surface area contributed by atoms with E-state index in [4.69, 9.17) is 4.98 Å². The number of benzene rings is 2. The Hall–Kier alpha value is -2.29. The minimum Gasteiger partial charge on any atom is -0.378 e. The molecule has 108 valence electrons. The van der Waals surface area contributed by atoms with Gasteiger partial charge in [-0.15, -0.1) is 0 Å². The number of hydrogen-bond acceptors (Lipinski definition) is 2. The maximum absolute atomic E-state index is 4.75. The van der Waals surface area contributed by atoms with Crippen molar-refractivity contribution in [2.24, 2.45) is 0 Å². The highest BCUT2D eigenvalue weighted by molar-refractivity contribution is 5.76. The monoisotopic (exact) mass is 279 g/mol. The summed E-state index contributed by atoms with van der Waals surface area (Å²) < 4.78 is 2.27. The van der Waals surface area contributed by atoms with E-state index in [-0.39, 0.29) is 0 Å². The summed E-state index contributed by atoms with van der Waals surface area (Å²) in [5.41, 5.74) is 6.01. The normalized spacial score (nSPS) is 11.0. The highest BCUT2D eigenvalue weighted by atomic mass is 15.1. The van der Waals surface area contributed by atoms with Crippen molar-refractivity contribution in [2.75, 3.05) is 5.32 Å². The minimum absolute atomic E-state index is 0.742. The number of aromatic nitrogens is 2. The van der Waals surface area contributed by atoms with Crippen molar-refractivity contribution in [3.8, 4) is 0 Å². The number of nitrogens with zero attached hydrogens (tertiary/aromatic N) is 2. The molecule has 1 aromatic heterocycles. The summed E-state index contributed by atoms with van der Waals surface area (Å²) in [5, 5.41) is 3.51. The lowest BCUT2D eigenvalue weighted by Gasteiger charge is -2.11. The smallest absolute Gasteiger partial charge is 0.129 e. The molecule has 0 aliphatic heterocycles. The fourth-order valence-corrected chi connectivity index (χ4v) is 2.80. The number of rotatable bonds is 4. The Morgan fingerprint density at radius 3 is 2.67 bits per heavy atom. The van der Waals surface area contributed by atoms with E-state index in [9.17, 15) is 0 Å². The molecule has 3 aromatic rings. The number of fused-ring (bicyclic) bond motifs is 1. The topological polar surface area (TPSA) is 29.9 Å². The molecule has 1 heterocycles. The van der Waals surface area contributed by atoms with Gasteiger partial charge in [-0.3, -0.25) is 0 Å². The molecule has 0 amide bonds. The first-order valence-electron chi connectivity index (χ1n) is 7.44. The van der Waals surface area contributed by atoms with Gasteiger partial charge in [0.1, 0.15) is 5.82 Å². The van der Waals surface area contributed by atoms with E-state index in [1.54, 1.807) is 0 Å². The predicted octanol–water partition coefficient (Wildman–Crippen LogP) is 4.29. The molecule has 0 saturated heterocycles. The Bertz CT molecular complexity index is 771. The summed E-state index contributed by atoms with van der Waals surface area (Å²) >= 11 is 0. The maximum atomic E-state index is 4.75. The lowest BCUT2D eigenvalue weighted by molar-refractivity contribution is 0.728. The average Bonchev–Trinajstić information content (AvgIpc) is 2.83. The number of aryl methyl sites for hydroxylation is 3. The molecule has 0 fully saturated rings. The molecule has 0 unspecified atom stereocenters. The summed E-state index contributed by atoms with van der Waals surface area (Å²) in [6.07, 6.45) is 0. The van der Waals surface area contributed by atoms with Crippen LogP contribution in [-0.2, 0) is 13.1 Å². The van der Waals surface area contributed by atoms with Gasteiger partial charge in [0.25, 0.3) is 0 Å². The molecule has 0 radical (unpaired) electrons. The zero-order valence-corrected chi connectivity index (χ0v) is 12.9. The first-order valence-corrected chi connectivity index (χ1v) is 7.44. The Labute approximate surface area is 125 Å². The van der Waals surface area contributed by atoms with Gasteiger partial charge < -0.3 is 9.88 Å². The Balaban J connectivity index is 1.88. The second-order valence-corrected chi connectivity index (χ2v) is 5.43.